The van der Waals surface area contributed by atoms with Crippen molar-refractivity contribution in [2.75, 3.05) is 33.3 Å². The molecule has 0 saturated carbocycles. The summed E-state index contributed by atoms with van der Waals surface area (Å²) in [4.78, 5) is 27.7. The third-order valence-corrected chi connectivity index (χ3v) is 3.98. The zero-order chi connectivity index (χ0) is 15.5. The van der Waals surface area contributed by atoms with Gasteiger partial charge in [-0.15, -0.1) is 0 Å². The van der Waals surface area contributed by atoms with Gasteiger partial charge in [-0.05, 0) is 11.3 Å². The van der Waals surface area contributed by atoms with Gasteiger partial charge in [-0.1, -0.05) is 34.6 Å². The van der Waals surface area contributed by atoms with Gasteiger partial charge in [0.2, 0.25) is 5.91 Å². The molecule has 1 fully saturated rings. The highest BCUT2D eigenvalue weighted by Crippen LogP contribution is 2.29. The topological polar surface area (TPSA) is 49.9 Å². The van der Waals surface area contributed by atoms with E-state index in [9.17, 15) is 9.59 Å². The van der Waals surface area contributed by atoms with Crippen LogP contribution in [0, 0.1) is 17.3 Å². The molecule has 5 nitrogen and oxygen atoms in total. The largest absolute Gasteiger partial charge is 0.453 e. The Morgan fingerprint density at radius 3 is 2.05 bits per heavy atom. The summed E-state index contributed by atoms with van der Waals surface area (Å²) in [5.41, 5.74) is 0.0339. The van der Waals surface area contributed by atoms with Crippen molar-refractivity contribution < 1.29 is 14.3 Å². The molecule has 0 bridgehead atoms. The Hall–Kier alpha value is -1.26. The smallest absolute Gasteiger partial charge is 0.409 e. The first-order valence-corrected chi connectivity index (χ1v) is 7.28. The number of rotatable bonds is 1. The van der Waals surface area contributed by atoms with Crippen molar-refractivity contribution in [2.24, 2.45) is 17.3 Å². The molecule has 1 atom stereocenters. The number of amides is 2. The second kappa shape index (κ2) is 6.46. The molecule has 116 valence electrons. The molecule has 1 rings (SSSR count). The zero-order valence-electron chi connectivity index (χ0n) is 13.6. The van der Waals surface area contributed by atoms with Crippen molar-refractivity contribution in [1.82, 2.24) is 9.80 Å². The first-order valence-electron chi connectivity index (χ1n) is 7.28. The summed E-state index contributed by atoms with van der Waals surface area (Å²) >= 11 is 0. The van der Waals surface area contributed by atoms with Crippen LogP contribution in [0.15, 0.2) is 0 Å². The van der Waals surface area contributed by atoms with E-state index in [1.165, 1.54) is 7.11 Å². The Kier molecular flexibility index (Phi) is 5.42. The van der Waals surface area contributed by atoms with Gasteiger partial charge in [-0.3, -0.25) is 4.79 Å². The van der Waals surface area contributed by atoms with E-state index in [0.717, 1.165) is 0 Å². The van der Waals surface area contributed by atoms with Crippen molar-refractivity contribution >= 4 is 12.0 Å². The Morgan fingerprint density at radius 1 is 1.10 bits per heavy atom. The van der Waals surface area contributed by atoms with Crippen LogP contribution in [0.3, 0.4) is 0 Å². The van der Waals surface area contributed by atoms with E-state index >= 15 is 0 Å². The van der Waals surface area contributed by atoms with E-state index in [4.69, 9.17) is 4.74 Å². The molecule has 0 aromatic carbocycles. The highest BCUT2D eigenvalue weighted by atomic mass is 16.5. The number of carbonyl (C=O) groups excluding carboxylic acids is 2. The van der Waals surface area contributed by atoms with E-state index in [1.54, 1.807) is 4.90 Å². The third-order valence-electron chi connectivity index (χ3n) is 3.98. The number of hydrogen-bond donors (Lipinski definition) is 0. The highest BCUT2D eigenvalue weighted by molar-refractivity contribution is 5.78. The lowest BCUT2D eigenvalue weighted by Gasteiger charge is -2.34. The molecule has 0 N–H and O–H groups in total. The lowest BCUT2D eigenvalue weighted by atomic mass is 9.80. The summed E-state index contributed by atoms with van der Waals surface area (Å²) in [6.45, 7) is 12.7. The normalized spacial score (nSPS) is 20.9. The summed E-state index contributed by atoms with van der Waals surface area (Å²) < 4.78 is 4.83. The van der Waals surface area contributed by atoms with Crippen LogP contribution in [0.5, 0.6) is 0 Å². The fourth-order valence-corrected chi connectivity index (χ4v) is 2.42. The first kappa shape index (κ1) is 16.8. The Morgan fingerprint density at radius 2 is 1.60 bits per heavy atom. The van der Waals surface area contributed by atoms with Gasteiger partial charge in [0.1, 0.15) is 0 Å². The van der Waals surface area contributed by atoms with Gasteiger partial charge in [0.15, 0.2) is 0 Å². The maximum absolute atomic E-state index is 12.3. The summed E-state index contributed by atoms with van der Waals surface area (Å²) in [7, 11) is 1.40. The SMILES string of the molecule is COC(=O)N1CCN(C(=O)C(C)C)C[C@H](C(C)(C)C)C1. The van der Waals surface area contributed by atoms with E-state index in [-0.39, 0.29) is 29.3 Å². The van der Waals surface area contributed by atoms with E-state index in [1.807, 2.05) is 18.7 Å². The summed E-state index contributed by atoms with van der Waals surface area (Å²) in [6.07, 6.45) is -0.307. The van der Waals surface area contributed by atoms with Gasteiger partial charge in [-0.25, -0.2) is 4.79 Å². The van der Waals surface area contributed by atoms with Crippen LogP contribution in [0.4, 0.5) is 4.79 Å². The molecule has 1 heterocycles. The lowest BCUT2D eigenvalue weighted by Crippen LogP contribution is -2.41. The fraction of sp³-hybridized carbons (Fsp3) is 0.867. The minimum absolute atomic E-state index is 0.0136. The number of ether oxygens (including phenoxy) is 1. The molecule has 0 unspecified atom stereocenters. The molecule has 1 aliphatic rings. The van der Waals surface area contributed by atoms with Crippen molar-refractivity contribution in [3.8, 4) is 0 Å². The average molecular weight is 284 g/mol. The standard InChI is InChI=1S/C15H28N2O3/c1-11(2)13(18)16-7-8-17(14(19)20-6)10-12(9-16)15(3,4)5/h11-12H,7-10H2,1-6H3/t12-/m0/s1. The molecule has 0 aromatic heterocycles. The minimum atomic E-state index is -0.307. The molecule has 0 aliphatic carbocycles. The summed E-state index contributed by atoms with van der Waals surface area (Å²) in [5, 5.41) is 0. The van der Waals surface area contributed by atoms with Crippen molar-refractivity contribution in [1.29, 1.82) is 0 Å². The molecule has 0 spiro atoms. The van der Waals surface area contributed by atoms with Crippen LogP contribution in [0.1, 0.15) is 34.6 Å². The zero-order valence-corrected chi connectivity index (χ0v) is 13.6. The van der Waals surface area contributed by atoms with Crippen LogP contribution in [0.2, 0.25) is 0 Å². The Labute approximate surface area is 122 Å². The Balaban J connectivity index is 2.92. The van der Waals surface area contributed by atoms with Crippen molar-refractivity contribution in [3.63, 3.8) is 0 Å². The van der Waals surface area contributed by atoms with Gasteiger partial charge in [0.05, 0.1) is 7.11 Å². The van der Waals surface area contributed by atoms with E-state index in [0.29, 0.717) is 26.2 Å². The third kappa shape index (κ3) is 4.12. The molecule has 5 heteroatoms. The molecule has 1 aliphatic heterocycles. The van der Waals surface area contributed by atoms with Gasteiger partial charge in [0, 0.05) is 32.1 Å². The second-order valence-corrected chi connectivity index (χ2v) is 6.92. The van der Waals surface area contributed by atoms with Crippen LogP contribution in [-0.2, 0) is 9.53 Å². The summed E-state index contributed by atoms with van der Waals surface area (Å²) in [5.74, 6) is 0.387. The van der Waals surface area contributed by atoms with E-state index in [2.05, 4.69) is 20.8 Å². The molecular weight excluding hydrogens is 256 g/mol. The quantitative estimate of drug-likeness (QED) is 0.742. The predicted octanol–water partition coefficient (Wildman–Crippen LogP) is 2.22. The molecule has 1 saturated heterocycles. The molecule has 0 aromatic rings. The van der Waals surface area contributed by atoms with Crippen molar-refractivity contribution in [3.05, 3.63) is 0 Å². The maximum atomic E-state index is 12.3. The Bertz CT molecular complexity index is 361. The van der Waals surface area contributed by atoms with Gasteiger partial charge < -0.3 is 14.5 Å². The number of nitrogens with zero attached hydrogens (tertiary/aromatic N) is 2. The number of carbonyl (C=O) groups is 2. The van der Waals surface area contributed by atoms with Crippen LogP contribution in [0.25, 0.3) is 0 Å². The van der Waals surface area contributed by atoms with Gasteiger partial charge in [0.25, 0.3) is 0 Å². The van der Waals surface area contributed by atoms with Crippen LogP contribution < -0.4 is 0 Å². The summed E-state index contributed by atoms with van der Waals surface area (Å²) in [6, 6.07) is 0. The number of hydrogen-bond acceptors (Lipinski definition) is 3. The maximum Gasteiger partial charge on any atom is 0.409 e. The van der Waals surface area contributed by atoms with Crippen LogP contribution in [-0.4, -0.2) is 55.1 Å². The van der Waals surface area contributed by atoms with Crippen molar-refractivity contribution in [2.45, 2.75) is 34.6 Å². The monoisotopic (exact) mass is 284 g/mol. The fourth-order valence-electron chi connectivity index (χ4n) is 2.42. The molecule has 20 heavy (non-hydrogen) atoms. The molecule has 0 radical (unpaired) electrons. The first-order chi connectivity index (χ1) is 9.16. The predicted molar refractivity (Wildman–Crippen MR) is 78.3 cm³/mol. The number of methoxy groups -OCH3 is 1. The second-order valence-electron chi connectivity index (χ2n) is 6.92. The highest BCUT2D eigenvalue weighted by Gasteiger charge is 2.35. The average Bonchev–Trinajstić information content (AvgIpc) is 2.59. The minimum Gasteiger partial charge on any atom is -0.453 e. The molecular formula is C15H28N2O3. The van der Waals surface area contributed by atoms with Crippen LogP contribution >= 0.6 is 0 Å². The molecule has 2 amide bonds. The van der Waals surface area contributed by atoms with E-state index < -0.39 is 0 Å². The van der Waals surface area contributed by atoms with Gasteiger partial charge >= 0.3 is 6.09 Å². The van der Waals surface area contributed by atoms with Gasteiger partial charge in [-0.2, -0.15) is 0 Å². The lowest BCUT2D eigenvalue weighted by molar-refractivity contribution is -0.135.